The maximum absolute atomic E-state index is 15.0. The fourth-order valence-corrected chi connectivity index (χ4v) is 11.1. The average molecular weight is 630 g/mol. The van der Waals surface area contributed by atoms with Crippen LogP contribution in [0.4, 0.5) is 5.69 Å². The molecule has 0 saturated heterocycles. The summed E-state index contributed by atoms with van der Waals surface area (Å²) in [5, 5.41) is 19.6. The number of anilines is 1. The number of carbonyl (C=O) groups is 2. The lowest BCUT2D eigenvalue weighted by Crippen LogP contribution is -2.52. The molecule has 47 heavy (non-hydrogen) atoms. The maximum Gasteiger partial charge on any atom is 0.302 e. The highest BCUT2D eigenvalue weighted by Crippen LogP contribution is 2.71. The quantitative estimate of drug-likeness (QED) is 0.277. The molecule has 6 aliphatic rings. The van der Waals surface area contributed by atoms with Crippen LogP contribution in [0, 0.1) is 58.2 Å². The maximum atomic E-state index is 15.0. The van der Waals surface area contributed by atoms with Crippen molar-refractivity contribution in [3.8, 4) is 6.07 Å². The zero-order valence-corrected chi connectivity index (χ0v) is 27.8. The molecule has 5 unspecified atom stereocenters. The molecule has 4 aliphatic carbocycles. The van der Waals surface area contributed by atoms with Crippen LogP contribution in [0.2, 0.25) is 0 Å². The number of nitrogens with one attached hydrogen (secondary N) is 1. The van der Waals surface area contributed by atoms with Crippen LogP contribution in [0.1, 0.15) is 82.4 Å². The minimum Gasteiger partial charge on any atom is -0.462 e. The Balaban J connectivity index is 1.20. The molecular formula is C40H43N3O4. The average Bonchev–Trinajstić information content (AvgIpc) is 3.48. The molecule has 1 amide bonds. The Labute approximate surface area is 277 Å². The fourth-order valence-electron chi connectivity index (χ4n) is 11.1. The number of allylic oxidation sites excluding steroid dienone is 1. The zero-order chi connectivity index (χ0) is 32.9. The molecular weight excluding hydrogens is 586 g/mol. The summed E-state index contributed by atoms with van der Waals surface area (Å²) < 4.78 is 12.2. The summed E-state index contributed by atoms with van der Waals surface area (Å²) in [6.45, 7) is 8.69. The van der Waals surface area contributed by atoms with Crippen LogP contribution in [-0.4, -0.2) is 23.9 Å². The fraction of sp³-hybridized carbons (Fsp3) is 0.500. The Morgan fingerprint density at radius 2 is 1.83 bits per heavy atom. The van der Waals surface area contributed by atoms with Crippen molar-refractivity contribution in [1.29, 1.82) is 10.7 Å². The van der Waals surface area contributed by atoms with E-state index in [1.807, 2.05) is 29.2 Å². The van der Waals surface area contributed by atoms with Gasteiger partial charge in [0.1, 0.15) is 17.7 Å². The number of aryl methyl sites for hydroxylation is 1. The first-order valence-electron chi connectivity index (χ1n) is 17.3. The van der Waals surface area contributed by atoms with Crippen LogP contribution in [-0.2, 0) is 31.2 Å². The standard InChI is InChI=1S/C40H43N3O4/c1-23-9-11-25(12-10-23)22-43-34-8-6-5-7-31(34)40(37(43)45)33-20-32-28-14-13-26-19-27(46-24(2)44)15-17-38(26,3)30(28)16-18-39(32,4)35(33)29(21-41)36(42)47-40/h5-13,27-28,30,32-33,42H,14-20,22H2,1-4H3/t27-,28?,30?,32?,33?,38-,39-,40?/m0/s1. The molecule has 0 radical (unpaired) electrons. The van der Waals surface area contributed by atoms with Crippen LogP contribution >= 0.6 is 0 Å². The summed E-state index contributed by atoms with van der Waals surface area (Å²) >= 11 is 0. The molecule has 2 aromatic rings. The molecule has 0 bridgehead atoms. The highest BCUT2D eigenvalue weighted by molar-refractivity contribution is 6.11. The van der Waals surface area contributed by atoms with Gasteiger partial charge in [-0.3, -0.25) is 15.0 Å². The van der Waals surface area contributed by atoms with E-state index < -0.39 is 5.60 Å². The SMILES string of the molecule is CC(=O)O[C@H]1CC[C@@]2(C)C(=CCC3C2CC[C@]2(C)C4=C(C#N)C(=N)OC5(C(=O)N(Cc6ccc(C)cc6)c6ccccc65)C4CC32)C1. The Morgan fingerprint density at radius 3 is 2.57 bits per heavy atom. The van der Waals surface area contributed by atoms with Crippen LogP contribution < -0.4 is 4.90 Å². The lowest BCUT2D eigenvalue weighted by Gasteiger charge is -2.57. The number of amides is 1. The monoisotopic (exact) mass is 629 g/mol. The van der Waals surface area contributed by atoms with Gasteiger partial charge in [-0.25, -0.2) is 0 Å². The second-order valence-corrected chi connectivity index (χ2v) is 15.4. The van der Waals surface area contributed by atoms with Gasteiger partial charge in [-0.15, -0.1) is 0 Å². The number of esters is 1. The van der Waals surface area contributed by atoms with E-state index >= 15 is 0 Å². The van der Waals surface area contributed by atoms with Crippen LogP contribution in [0.25, 0.3) is 0 Å². The Morgan fingerprint density at radius 1 is 1.09 bits per heavy atom. The number of nitrogens with zero attached hydrogens (tertiary/aromatic N) is 2. The van der Waals surface area contributed by atoms with Crippen molar-refractivity contribution >= 4 is 23.5 Å². The number of para-hydroxylation sites is 1. The Hall–Kier alpha value is -4.18. The van der Waals surface area contributed by atoms with Gasteiger partial charge in [0.05, 0.1) is 12.2 Å². The summed E-state index contributed by atoms with van der Waals surface area (Å²) in [6, 6.07) is 18.6. The number of rotatable bonds is 3. The van der Waals surface area contributed by atoms with Crippen LogP contribution in [0.3, 0.4) is 0 Å². The molecule has 8 rings (SSSR count). The van der Waals surface area contributed by atoms with Gasteiger partial charge < -0.3 is 14.4 Å². The van der Waals surface area contributed by atoms with Gasteiger partial charge in [-0.1, -0.05) is 73.5 Å². The molecule has 1 spiro atoms. The molecule has 242 valence electrons. The van der Waals surface area contributed by atoms with Crippen LogP contribution in [0.15, 0.2) is 71.3 Å². The first kappa shape index (κ1) is 30.2. The van der Waals surface area contributed by atoms with Crippen molar-refractivity contribution in [2.75, 3.05) is 4.90 Å². The first-order valence-corrected chi connectivity index (χ1v) is 17.3. The van der Waals surface area contributed by atoms with E-state index in [9.17, 15) is 14.9 Å². The van der Waals surface area contributed by atoms with E-state index in [4.69, 9.17) is 14.9 Å². The predicted molar refractivity (Wildman–Crippen MR) is 178 cm³/mol. The second kappa shape index (κ2) is 10.4. The number of fused-ring (bicyclic) bond motifs is 10. The third-order valence-corrected chi connectivity index (χ3v) is 13.2. The van der Waals surface area contributed by atoms with Crippen LogP contribution in [0.5, 0.6) is 0 Å². The summed E-state index contributed by atoms with van der Waals surface area (Å²) in [6.07, 6.45) is 8.70. The summed E-state index contributed by atoms with van der Waals surface area (Å²) in [5.74, 6) is 0.281. The topological polar surface area (TPSA) is 103 Å². The van der Waals surface area contributed by atoms with E-state index in [1.54, 1.807) is 0 Å². The number of hydrogen-bond donors (Lipinski definition) is 1. The first-order chi connectivity index (χ1) is 22.5. The minimum atomic E-state index is -1.37. The molecule has 2 heterocycles. The summed E-state index contributed by atoms with van der Waals surface area (Å²) in [7, 11) is 0. The molecule has 1 N–H and O–H groups in total. The Bertz CT molecular complexity index is 1820. The van der Waals surface area contributed by atoms with Gasteiger partial charge in [0.2, 0.25) is 11.5 Å². The van der Waals surface area contributed by atoms with E-state index in [1.165, 1.54) is 12.5 Å². The van der Waals surface area contributed by atoms with Gasteiger partial charge in [-0.05, 0) is 91.2 Å². The predicted octanol–water partition coefficient (Wildman–Crippen LogP) is 7.69. The van der Waals surface area contributed by atoms with Crippen molar-refractivity contribution in [2.24, 2.45) is 34.5 Å². The molecule has 2 aliphatic heterocycles. The largest absolute Gasteiger partial charge is 0.462 e. The molecule has 3 saturated carbocycles. The molecule has 7 heteroatoms. The third kappa shape index (κ3) is 4.12. The van der Waals surface area contributed by atoms with Gasteiger partial charge >= 0.3 is 5.97 Å². The molecule has 2 aromatic carbocycles. The van der Waals surface area contributed by atoms with E-state index in [-0.39, 0.29) is 46.5 Å². The van der Waals surface area contributed by atoms with E-state index in [2.05, 4.69) is 57.2 Å². The van der Waals surface area contributed by atoms with Gasteiger partial charge in [0.15, 0.2) is 0 Å². The van der Waals surface area contributed by atoms with Crippen molar-refractivity contribution in [3.63, 3.8) is 0 Å². The number of nitriles is 1. The van der Waals surface area contributed by atoms with Gasteiger partial charge in [0, 0.05) is 24.8 Å². The second-order valence-electron chi connectivity index (χ2n) is 15.4. The van der Waals surface area contributed by atoms with Crippen molar-refractivity contribution in [1.82, 2.24) is 0 Å². The minimum absolute atomic E-state index is 0.0443. The number of hydrogen-bond acceptors (Lipinski definition) is 6. The van der Waals surface area contributed by atoms with Crippen molar-refractivity contribution in [3.05, 3.63) is 88.0 Å². The van der Waals surface area contributed by atoms with Gasteiger partial charge in [0.25, 0.3) is 5.91 Å². The lowest BCUT2D eigenvalue weighted by atomic mass is 9.47. The number of carbonyl (C=O) groups excluding carboxylic acids is 2. The summed E-state index contributed by atoms with van der Waals surface area (Å²) in [5.41, 5.74) is 4.92. The van der Waals surface area contributed by atoms with Crippen molar-refractivity contribution in [2.45, 2.75) is 90.9 Å². The normalized spacial score (nSPS) is 36.8. The van der Waals surface area contributed by atoms with Crippen molar-refractivity contribution < 1.29 is 19.1 Å². The number of ether oxygens (including phenoxy) is 2. The smallest absolute Gasteiger partial charge is 0.302 e. The highest BCUT2D eigenvalue weighted by atomic mass is 16.5. The molecule has 0 aromatic heterocycles. The van der Waals surface area contributed by atoms with Gasteiger partial charge in [-0.2, -0.15) is 5.26 Å². The van der Waals surface area contributed by atoms with E-state index in [0.29, 0.717) is 24.0 Å². The zero-order valence-electron chi connectivity index (χ0n) is 27.8. The Kier molecular flexibility index (Phi) is 6.68. The molecule has 8 atom stereocenters. The summed E-state index contributed by atoms with van der Waals surface area (Å²) in [4.78, 5) is 28.6. The lowest BCUT2D eigenvalue weighted by molar-refractivity contribution is -0.148. The highest BCUT2D eigenvalue weighted by Gasteiger charge is 2.70. The number of benzene rings is 2. The molecule has 3 fully saturated rings. The van der Waals surface area contributed by atoms with E-state index in [0.717, 1.165) is 72.9 Å². The molecule has 7 nitrogen and oxygen atoms in total. The third-order valence-electron chi connectivity index (χ3n) is 13.2.